The first-order valence-corrected chi connectivity index (χ1v) is 7.62. The van der Waals surface area contributed by atoms with E-state index in [9.17, 15) is 9.18 Å². The normalized spacial score (nSPS) is 31.1. The van der Waals surface area contributed by atoms with E-state index < -0.39 is 0 Å². The van der Waals surface area contributed by atoms with Crippen molar-refractivity contribution in [2.24, 2.45) is 5.92 Å². The minimum Gasteiger partial charge on any atom is -0.294 e. The van der Waals surface area contributed by atoms with Crippen LogP contribution in [0.25, 0.3) is 0 Å². The Kier molecular flexibility index (Phi) is 3.42. The number of benzene rings is 1. The van der Waals surface area contributed by atoms with Gasteiger partial charge in [0.2, 0.25) is 0 Å². The molecule has 3 rings (SSSR count). The van der Waals surface area contributed by atoms with Crippen LogP contribution in [-0.4, -0.2) is 16.3 Å². The predicted molar refractivity (Wildman–Crippen MR) is 72.5 cm³/mol. The first kappa shape index (κ1) is 12.2. The third-order valence-corrected chi connectivity index (χ3v) is 5.67. The van der Waals surface area contributed by atoms with Gasteiger partial charge in [-0.1, -0.05) is 18.6 Å². The van der Waals surface area contributed by atoms with E-state index in [0.717, 1.165) is 12.8 Å². The van der Waals surface area contributed by atoms with Gasteiger partial charge in [-0.3, -0.25) is 4.79 Å². The van der Waals surface area contributed by atoms with Crippen LogP contribution >= 0.6 is 11.8 Å². The van der Waals surface area contributed by atoms with E-state index in [0.29, 0.717) is 10.5 Å². The number of Topliss-reactive ketones (excluding diaryl/α,β-unsaturated/α-hetero) is 1. The molecule has 2 fully saturated rings. The maximum absolute atomic E-state index is 13.7. The SMILES string of the molecule is O=C(c1ccccc1F)C1CC2CCCC(C1)S2. The molecule has 0 amide bonds. The second-order valence-corrected chi connectivity index (χ2v) is 6.93. The number of hydrogen-bond acceptors (Lipinski definition) is 2. The van der Waals surface area contributed by atoms with Crippen LogP contribution in [0, 0.1) is 11.7 Å². The van der Waals surface area contributed by atoms with Crippen molar-refractivity contribution >= 4 is 17.5 Å². The second kappa shape index (κ2) is 5.04. The van der Waals surface area contributed by atoms with E-state index in [-0.39, 0.29) is 23.1 Å². The molecule has 2 atom stereocenters. The zero-order valence-electron chi connectivity index (χ0n) is 10.3. The highest BCUT2D eigenvalue weighted by atomic mass is 32.2. The fraction of sp³-hybridized carbons (Fsp3) is 0.533. The van der Waals surface area contributed by atoms with Crippen LogP contribution < -0.4 is 0 Å². The van der Waals surface area contributed by atoms with E-state index in [1.165, 1.54) is 25.3 Å². The predicted octanol–water partition coefficient (Wildman–Crippen LogP) is 4.07. The lowest BCUT2D eigenvalue weighted by Gasteiger charge is -2.37. The lowest BCUT2D eigenvalue weighted by molar-refractivity contribution is 0.0892. The molecule has 1 nitrogen and oxygen atoms in total. The minimum atomic E-state index is -0.370. The van der Waals surface area contributed by atoms with Gasteiger partial charge in [0.05, 0.1) is 5.56 Å². The molecule has 0 saturated carbocycles. The summed E-state index contributed by atoms with van der Waals surface area (Å²) in [4.78, 5) is 12.4. The average molecular weight is 264 g/mol. The summed E-state index contributed by atoms with van der Waals surface area (Å²) in [6, 6.07) is 6.38. The van der Waals surface area contributed by atoms with Crippen molar-refractivity contribution in [2.45, 2.75) is 42.6 Å². The molecular formula is C15H17FOS. The summed E-state index contributed by atoms with van der Waals surface area (Å²) in [5, 5.41) is 1.25. The number of halogens is 1. The zero-order valence-corrected chi connectivity index (χ0v) is 11.1. The third-order valence-electron chi connectivity index (χ3n) is 4.04. The van der Waals surface area contributed by atoms with Crippen molar-refractivity contribution < 1.29 is 9.18 Å². The summed E-state index contributed by atoms with van der Waals surface area (Å²) in [7, 11) is 0. The number of rotatable bonds is 2. The van der Waals surface area contributed by atoms with E-state index in [1.807, 2.05) is 11.8 Å². The summed E-state index contributed by atoms with van der Waals surface area (Å²) in [6.07, 6.45) is 5.62. The van der Waals surface area contributed by atoms with Crippen molar-refractivity contribution in [3.05, 3.63) is 35.6 Å². The summed E-state index contributed by atoms with van der Waals surface area (Å²) < 4.78 is 13.7. The van der Waals surface area contributed by atoms with Crippen molar-refractivity contribution in [2.75, 3.05) is 0 Å². The second-order valence-electron chi connectivity index (χ2n) is 5.32. The summed E-state index contributed by atoms with van der Waals surface area (Å²) in [5.74, 6) is -0.311. The van der Waals surface area contributed by atoms with E-state index in [2.05, 4.69) is 0 Å². The summed E-state index contributed by atoms with van der Waals surface area (Å²) in [5.41, 5.74) is 0.285. The maximum Gasteiger partial charge on any atom is 0.168 e. The van der Waals surface area contributed by atoms with Crippen LogP contribution in [0.5, 0.6) is 0 Å². The largest absolute Gasteiger partial charge is 0.294 e. The van der Waals surface area contributed by atoms with E-state index in [1.54, 1.807) is 18.2 Å². The van der Waals surface area contributed by atoms with Crippen LogP contribution in [0.1, 0.15) is 42.5 Å². The Morgan fingerprint density at radius 2 is 1.83 bits per heavy atom. The fourth-order valence-electron chi connectivity index (χ4n) is 3.15. The lowest BCUT2D eigenvalue weighted by atomic mass is 9.84. The standard InChI is InChI=1S/C15H17FOS/c16-14-7-2-1-6-13(14)15(17)10-8-11-4-3-5-12(9-10)18-11/h1-2,6-7,10-12H,3-5,8-9H2. The van der Waals surface area contributed by atoms with E-state index >= 15 is 0 Å². The number of hydrogen-bond donors (Lipinski definition) is 0. The van der Waals surface area contributed by atoms with Gasteiger partial charge in [-0.05, 0) is 37.8 Å². The number of carbonyl (C=O) groups excluding carboxylic acids is 1. The quantitative estimate of drug-likeness (QED) is 0.749. The monoisotopic (exact) mass is 264 g/mol. The molecule has 3 heteroatoms. The first-order valence-electron chi connectivity index (χ1n) is 6.68. The number of ketones is 1. The Bertz CT molecular complexity index is 448. The van der Waals surface area contributed by atoms with Gasteiger partial charge in [0.15, 0.2) is 5.78 Å². The number of thioether (sulfide) groups is 1. The molecule has 0 aromatic heterocycles. The molecule has 0 N–H and O–H groups in total. The molecule has 0 radical (unpaired) electrons. The van der Waals surface area contributed by atoms with Gasteiger partial charge >= 0.3 is 0 Å². The Hall–Kier alpha value is -0.830. The number of fused-ring (bicyclic) bond motifs is 2. The van der Waals surface area contributed by atoms with Crippen molar-refractivity contribution in [1.82, 2.24) is 0 Å². The molecule has 2 aliphatic rings. The Balaban J connectivity index is 1.79. The highest BCUT2D eigenvalue weighted by molar-refractivity contribution is 8.00. The average Bonchev–Trinajstić information content (AvgIpc) is 2.38. The Morgan fingerprint density at radius 1 is 1.17 bits per heavy atom. The molecule has 2 bridgehead atoms. The molecule has 96 valence electrons. The van der Waals surface area contributed by atoms with Crippen LogP contribution in [0.4, 0.5) is 4.39 Å². The fourth-order valence-corrected chi connectivity index (χ4v) is 4.99. The van der Waals surface area contributed by atoms with Crippen molar-refractivity contribution in [1.29, 1.82) is 0 Å². The Morgan fingerprint density at radius 3 is 2.50 bits per heavy atom. The van der Waals surface area contributed by atoms with Gasteiger partial charge < -0.3 is 0 Å². The molecule has 2 saturated heterocycles. The van der Waals surface area contributed by atoms with E-state index in [4.69, 9.17) is 0 Å². The maximum atomic E-state index is 13.7. The Labute approximate surface area is 111 Å². The lowest BCUT2D eigenvalue weighted by Crippen LogP contribution is -2.33. The van der Waals surface area contributed by atoms with Crippen LogP contribution in [0.2, 0.25) is 0 Å². The molecule has 18 heavy (non-hydrogen) atoms. The smallest absolute Gasteiger partial charge is 0.168 e. The molecule has 2 heterocycles. The van der Waals surface area contributed by atoms with Gasteiger partial charge in [0.1, 0.15) is 5.82 Å². The summed E-state index contributed by atoms with van der Waals surface area (Å²) >= 11 is 2.05. The molecule has 1 aromatic rings. The molecule has 0 spiro atoms. The van der Waals surface area contributed by atoms with Crippen molar-refractivity contribution in [3.63, 3.8) is 0 Å². The zero-order chi connectivity index (χ0) is 12.5. The van der Waals surface area contributed by atoms with Gasteiger partial charge in [-0.25, -0.2) is 4.39 Å². The van der Waals surface area contributed by atoms with Crippen LogP contribution in [0.3, 0.4) is 0 Å². The molecule has 0 aliphatic carbocycles. The van der Waals surface area contributed by atoms with Crippen LogP contribution in [0.15, 0.2) is 24.3 Å². The van der Waals surface area contributed by atoms with Gasteiger partial charge in [-0.2, -0.15) is 11.8 Å². The molecule has 2 aliphatic heterocycles. The summed E-state index contributed by atoms with van der Waals surface area (Å²) in [6.45, 7) is 0. The van der Waals surface area contributed by atoms with Crippen LogP contribution in [-0.2, 0) is 0 Å². The van der Waals surface area contributed by atoms with Gasteiger partial charge in [0.25, 0.3) is 0 Å². The van der Waals surface area contributed by atoms with Crippen molar-refractivity contribution in [3.8, 4) is 0 Å². The first-order chi connectivity index (χ1) is 8.74. The third kappa shape index (κ3) is 2.33. The number of carbonyl (C=O) groups is 1. The van der Waals surface area contributed by atoms with Gasteiger partial charge in [0, 0.05) is 16.4 Å². The molecule has 1 aromatic carbocycles. The molecule has 2 unspecified atom stereocenters. The topological polar surface area (TPSA) is 17.1 Å². The minimum absolute atomic E-state index is 0.0188. The van der Waals surface area contributed by atoms with Gasteiger partial charge in [-0.15, -0.1) is 0 Å². The highest BCUT2D eigenvalue weighted by Gasteiger charge is 2.36. The highest BCUT2D eigenvalue weighted by Crippen LogP contribution is 2.44. The molecular weight excluding hydrogens is 247 g/mol.